The zero-order valence-corrected chi connectivity index (χ0v) is 17.0. The molecule has 1 aliphatic carbocycles. The molecule has 0 spiro atoms. The minimum Gasteiger partial charge on any atom is -0.369 e. The van der Waals surface area contributed by atoms with Crippen LogP contribution in [0.15, 0.2) is 38.7 Å². The van der Waals surface area contributed by atoms with Crippen LogP contribution in [0.25, 0.3) is 15.9 Å². The quantitative estimate of drug-likeness (QED) is 0.486. The van der Waals surface area contributed by atoms with Gasteiger partial charge in [0.1, 0.15) is 4.83 Å². The molecule has 0 unspecified atom stereocenters. The topological polar surface area (TPSA) is 78.0 Å². The van der Waals surface area contributed by atoms with Crippen molar-refractivity contribution in [3.05, 3.63) is 49.5 Å². The lowest BCUT2D eigenvalue weighted by Gasteiger charge is -2.13. The number of primary amides is 1. The second-order valence-electron chi connectivity index (χ2n) is 6.16. The highest BCUT2D eigenvalue weighted by Gasteiger charge is 2.23. The van der Waals surface area contributed by atoms with Crippen LogP contribution in [0.2, 0.25) is 0 Å². The number of carbonyl (C=O) groups is 1. The van der Waals surface area contributed by atoms with Gasteiger partial charge in [-0.3, -0.25) is 14.2 Å². The summed E-state index contributed by atoms with van der Waals surface area (Å²) in [6.07, 6.45) is 4.21. The summed E-state index contributed by atoms with van der Waals surface area (Å²) in [5.41, 5.74) is 7.12. The molecular formula is C18H16BrN3O2S2. The van der Waals surface area contributed by atoms with E-state index >= 15 is 0 Å². The Hall–Kier alpha value is -1.64. The number of aryl methyl sites for hydroxylation is 2. The molecule has 0 radical (unpaired) electrons. The largest absolute Gasteiger partial charge is 0.369 e. The number of aromatic nitrogens is 2. The Morgan fingerprint density at radius 1 is 1.27 bits per heavy atom. The van der Waals surface area contributed by atoms with Crippen LogP contribution in [-0.4, -0.2) is 21.2 Å². The number of hydrogen-bond acceptors (Lipinski definition) is 5. The Balaban J connectivity index is 1.97. The normalized spacial score (nSPS) is 13.7. The van der Waals surface area contributed by atoms with Gasteiger partial charge in [-0.05, 0) is 55.5 Å². The number of rotatable bonds is 4. The molecular weight excluding hydrogens is 434 g/mol. The number of thiophene rings is 1. The number of carbonyl (C=O) groups excluding carboxylic acids is 1. The van der Waals surface area contributed by atoms with Crippen LogP contribution in [0.1, 0.15) is 23.3 Å². The highest BCUT2D eigenvalue weighted by molar-refractivity contribution is 9.10. The Kier molecular flexibility index (Phi) is 4.90. The first-order valence-corrected chi connectivity index (χ1v) is 10.9. The molecule has 4 rings (SSSR count). The van der Waals surface area contributed by atoms with Crippen molar-refractivity contribution in [3.63, 3.8) is 0 Å². The third-order valence-electron chi connectivity index (χ3n) is 4.39. The fourth-order valence-electron chi connectivity index (χ4n) is 3.24. The number of nitrogens with two attached hydrogens (primary N) is 1. The van der Waals surface area contributed by atoms with Gasteiger partial charge in [-0.15, -0.1) is 11.3 Å². The number of nitrogens with zero attached hydrogens (tertiary/aromatic N) is 2. The third kappa shape index (κ3) is 3.21. The van der Waals surface area contributed by atoms with E-state index in [0.717, 1.165) is 51.6 Å². The molecule has 0 bridgehead atoms. The van der Waals surface area contributed by atoms with Crippen molar-refractivity contribution in [1.82, 2.24) is 9.55 Å². The lowest BCUT2D eigenvalue weighted by atomic mass is 9.97. The van der Waals surface area contributed by atoms with E-state index in [1.54, 1.807) is 15.9 Å². The molecule has 0 saturated carbocycles. The number of halogens is 1. The summed E-state index contributed by atoms with van der Waals surface area (Å²) in [6, 6.07) is 7.51. The Bertz CT molecular complexity index is 1060. The zero-order valence-electron chi connectivity index (χ0n) is 13.8. The Morgan fingerprint density at radius 2 is 2.00 bits per heavy atom. The second kappa shape index (κ2) is 7.17. The maximum Gasteiger partial charge on any atom is 0.267 e. The molecule has 0 saturated heterocycles. The SMILES string of the molecule is NC(=O)CSc1nc2sc3c(c2c(=O)n1-c1ccc(Br)cc1)CCCC3. The molecule has 2 aromatic heterocycles. The average Bonchev–Trinajstić information content (AvgIpc) is 2.99. The first-order chi connectivity index (χ1) is 12.5. The molecule has 1 aromatic carbocycles. The summed E-state index contributed by atoms with van der Waals surface area (Å²) in [7, 11) is 0. The minimum atomic E-state index is -0.433. The van der Waals surface area contributed by atoms with E-state index < -0.39 is 5.91 Å². The lowest BCUT2D eigenvalue weighted by molar-refractivity contribution is -0.115. The zero-order chi connectivity index (χ0) is 18.3. The van der Waals surface area contributed by atoms with E-state index in [1.807, 2.05) is 24.3 Å². The molecule has 2 N–H and O–H groups in total. The monoisotopic (exact) mass is 449 g/mol. The molecule has 1 aliphatic rings. The summed E-state index contributed by atoms with van der Waals surface area (Å²) in [4.78, 5) is 31.4. The van der Waals surface area contributed by atoms with Gasteiger partial charge in [-0.25, -0.2) is 4.98 Å². The van der Waals surface area contributed by atoms with Gasteiger partial charge in [0, 0.05) is 9.35 Å². The van der Waals surface area contributed by atoms with Crippen molar-refractivity contribution in [1.29, 1.82) is 0 Å². The van der Waals surface area contributed by atoms with Crippen LogP contribution in [0.3, 0.4) is 0 Å². The van der Waals surface area contributed by atoms with Crippen LogP contribution in [0.5, 0.6) is 0 Å². The molecule has 5 nitrogen and oxygen atoms in total. The summed E-state index contributed by atoms with van der Waals surface area (Å²) in [6.45, 7) is 0. The number of thioether (sulfide) groups is 1. The summed E-state index contributed by atoms with van der Waals surface area (Å²) in [5.74, 6) is -0.350. The van der Waals surface area contributed by atoms with Gasteiger partial charge in [-0.2, -0.15) is 0 Å². The fraction of sp³-hybridized carbons (Fsp3) is 0.278. The summed E-state index contributed by atoms with van der Waals surface area (Å²) >= 11 is 6.23. The molecule has 1 amide bonds. The molecule has 3 aromatic rings. The predicted molar refractivity (Wildman–Crippen MR) is 109 cm³/mol. The van der Waals surface area contributed by atoms with Crippen LogP contribution >= 0.6 is 39.0 Å². The average molecular weight is 450 g/mol. The van der Waals surface area contributed by atoms with E-state index in [1.165, 1.54) is 16.6 Å². The molecule has 8 heteroatoms. The van der Waals surface area contributed by atoms with Gasteiger partial charge in [0.2, 0.25) is 5.91 Å². The van der Waals surface area contributed by atoms with E-state index in [0.29, 0.717) is 5.16 Å². The highest BCUT2D eigenvalue weighted by atomic mass is 79.9. The smallest absolute Gasteiger partial charge is 0.267 e. The highest BCUT2D eigenvalue weighted by Crippen LogP contribution is 2.35. The van der Waals surface area contributed by atoms with E-state index in [4.69, 9.17) is 10.7 Å². The number of benzene rings is 1. The van der Waals surface area contributed by atoms with Crippen LogP contribution in [-0.2, 0) is 17.6 Å². The fourth-order valence-corrected chi connectivity index (χ4v) is 5.56. The van der Waals surface area contributed by atoms with E-state index in [9.17, 15) is 9.59 Å². The van der Waals surface area contributed by atoms with Crippen molar-refractivity contribution < 1.29 is 4.79 Å². The number of amides is 1. The van der Waals surface area contributed by atoms with Crippen molar-refractivity contribution in [3.8, 4) is 5.69 Å². The summed E-state index contributed by atoms with van der Waals surface area (Å²) < 4.78 is 2.53. The van der Waals surface area contributed by atoms with E-state index in [2.05, 4.69) is 15.9 Å². The first-order valence-electron chi connectivity index (χ1n) is 8.29. The second-order valence-corrected chi connectivity index (χ2v) is 9.10. The van der Waals surface area contributed by atoms with Crippen LogP contribution < -0.4 is 11.3 Å². The predicted octanol–water partition coefficient (Wildman–Crippen LogP) is 3.67. The van der Waals surface area contributed by atoms with Gasteiger partial charge in [-0.1, -0.05) is 27.7 Å². The van der Waals surface area contributed by atoms with Crippen molar-refractivity contribution in [2.45, 2.75) is 30.8 Å². The Morgan fingerprint density at radius 3 is 2.73 bits per heavy atom. The molecule has 0 aliphatic heterocycles. The maximum atomic E-state index is 13.4. The Labute approximate surface area is 166 Å². The minimum absolute atomic E-state index is 0.0660. The standard InChI is InChI=1S/C18H16BrN3O2S2/c19-10-5-7-11(8-6-10)22-17(24)15-12-3-1-2-4-13(12)26-16(15)21-18(22)25-9-14(20)23/h5-8H,1-4,9H2,(H2,20,23). The molecule has 0 atom stereocenters. The molecule has 0 fully saturated rings. The van der Waals surface area contributed by atoms with Gasteiger partial charge < -0.3 is 5.73 Å². The molecule has 134 valence electrons. The van der Waals surface area contributed by atoms with Gasteiger partial charge >= 0.3 is 0 Å². The van der Waals surface area contributed by atoms with Gasteiger partial charge in [0.05, 0.1) is 16.8 Å². The maximum absolute atomic E-state index is 13.4. The van der Waals surface area contributed by atoms with Crippen molar-refractivity contribution in [2.75, 3.05) is 5.75 Å². The number of fused-ring (bicyclic) bond motifs is 3. The molecule has 26 heavy (non-hydrogen) atoms. The van der Waals surface area contributed by atoms with Gasteiger partial charge in [0.15, 0.2) is 5.16 Å². The van der Waals surface area contributed by atoms with Crippen molar-refractivity contribution in [2.24, 2.45) is 5.73 Å². The first kappa shape index (κ1) is 17.8. The molecule has 2 heterocycles. The van der Waals surface area contributed by atoms with E-state index in [-0.39, 0.29) is 11.3 Å². The third-order valence-corrected chi connectivity index (χ3v) is 7.06. The van der Waals surface area contributed by atoms with Crippen LogP contribution in [0.4, 0.5) is 0 Å². The van der Waals surface area contributed by atoms with Crippen molar-refractivity contribution >= 4 is 55.2 Å². The summed E-state index contributed by atoms with van der Waals surface area (Å²) in [5, 5.41) is 1.23. The number of hydrogen-bond donors (Lipinski definition) is 1. The lowest BCUT2D eigenvalue weighted by Crippen LogP contribution is -2.23. The van der Waals surface area contributed by atoms with Gasteiger partial charge in [0.25, 0.3) is 5.56 Å². The van der Waals surface area contributed by atoms with Crippen LogP contribution in [0, 0.1) is 0 Å².